The lowest BCUT2D eigenvalue weighted by molar-refractivity contribution is -0.316. The van der Waals surface area contributed by atoms with Gasteiger partial charge in [0.2, 0.25) is 10.0 Å². The Hall–Kier alpha value is -0.630. The first-order chi connectivity index (χ1) is 20.2. The smallest absolute Gasteiger partial charge is 0.213 e. The van der Waals surface area contributed by atoms with Crippen LogP contribution in [0.2, 0.25) is 0 Å². The topological polar surface area (TPSA) is 166 Å². The predicted octanol–water partition coefficient (Wildman–Crippen LogP) is 4.03. The van der Waals surface area contributed by atoms with Crippen LogP contribution in [0.1, 0.15) is 129 Å². The molecule has 0 aromatic carbocycles. The zero-order valence-corrected chi connectivity index (χ0v) is 26.9. The molecule has 1 saturated heterocycles. The Balaban J connectivity index is 2.62. The number of ether oxygens (including phenoxy) is 2. The van der Waals surface area contributed by atoms with Crippen LogP contribution in [0.4, 0.5) is 0 Å². The van der Waals surface area contributed by atoms with Crippen LogP contribution in [0.5, 0.6) is 0 Å². The van der Waals surface area contributed by atoms with Gasteiger partial charge in [0.1, 0.15) is 30.5 Å². The molecule has 250 valence electrons. The van der Waals surface area contributed by atoms with Gasteiger partial charge < -0.3 is 35.0 Å². The average molecular weight is 624 g/mol. The maximum atomic E-state index is 12.8. The minimum atomic E-state index is -3.85. The Bertz CT molecular complexity index is 780. The molecular weight excluding hydrogens is 562 g/mol. The van der Waals surface area contributed by atoms with Gasteiger partial charge in [-0.2, -0.15) is 4.72 Å². The van der Waals surface area contributed by atoms with Crippen molar-refractivity contribution in [2.45, 2.75) is 172 Å². The fourth-order valence-corrected chi connectivity index (χ4v) is 6.32. The number of sulfonamides is 1. The summed E-state index contributed by atoms with van der Waals surface area (Å²) in [6.07, 6.45) is 12.2. The summed E-state index contributed by atoms with van der Waals surface area (Å²) < 4.78 is 39.0. The molecular formula is C31H61NO9S. The SMILES string of the molecule is CCCCCCCCCCCCC/C=C\C(O)C(NS(=O)(=O)CCCCCCCC)O[C@@H]1O[C@H](CO)[C@@H](O)[C@H](O)[C@H]1O. The molecule has 1 rings (SSSR count). The van der Waals surface area contributed by atoms with Gasteiger partial charge in [0.25, 0.3) is 0 Å². The van der Waals surface area contributed by atoms with Crippen LogP contribution in [0.25, 0.3) is 0 Å². The van der Waals surface area contributed by atoms with Gasteiger partial charge in [-0.1, -0.05) is 122 Å². The molecule has 0 saturated carbocycles. The van der Waals surface area contributed by atoms with Crippen molar-refractivity contribution >= 4 is 10.0 Å². The van der Waals surface area contributed by atoms with Crippen LogP contribution in [-0.4, -0.2) is 89.3 Å². The molecule has 11 heteroatoms. The van der Waals surface area contributed by atoms with E-state index in [9.17, 15) is 34.0 Å². The zero-order valence-electron chi connectivity index (χ0n) is 26.1. The molecule has 42 heavy (non-hydrogen) atoms. The minimum Gasteiger partial charge on any atom is -0.394 e. The van der Waals surface area contributed by atoms with E-state index in [1.165, 1.54) is 57.4 Å². The van der Waals surface area contributed by atoms with Gasteiger partial charge in [-0.25, -0.2) is 8.42 Å². The Morgan fingerprint density at radius 3 is 1.79 bits per heavy atom. The monoisotopic (exact) mass is 623 g/mol. The van der Waals surface area contributed by atoms with Gasteiger partial charge >= 0.3 is 0 Å². The molecule has 2 unspecified atom stereocenters. The lowest BCUT2D eigenvalue weighted by Crippen LogP contribution is -2.61. The molecule has 6 N–H and O–H groups in total. The molecule has 0 aromatic heterocycles. The van der Waals surface area contributed by atoms with Gasteiger partial charge in [0, 0.05) is 0 Å². The molecule has 0 bridgehead atoms. The highest BCUT2D eigenvalue weighted by molar-refractivity contribution is 7.89. The molecule has 0 aromatic rings. The molecule has 0 amide bonds. The van der Waals surface area contributed by atoms with Gasteiger partial charge in [-0.05, 0) is 19.3 Å². The van der Waals surface area contributed by atoms with E-state index in [1.807, 2.05) is 0 Å². The Morgan fingerprint density at radius 1 is 0.762 bits per heavy atom. The molecule has 7 atom stereocenters. The number of rotatable bonds is 26. The van der Waals surface area contributed by atoms with Crippen LogP contribution < -0.4 is 4.72 Å². The summed E-state index contributed by atoms with van der Waals surface area (Å²) >= 11 is 0. The van der Waals surface area contributed by atoms with E-state index in [-0.39, 0.29) is 5.75 Å². The highest BCUT2D eigenvalue weighted by Crippen LogP contribution is 2.24. The van der Waals surface area contributed by atoms with Gasteiger partial charge in [0.15, 0.2) is 12.5 Å². The first-order valence-electron chi connectivity index (χ1n) is 16.5. The second-order valence-electron chi connectivity index (χ2n) is 11.7. The summed E-state index contributed by atoms with van der Waals surface area (Å²) in [6.45, 7) is 3.69. The molecule has 1 aliphatic heterocycles. The third kappa shape index (κ3) is 17.0. The first-order valence-corrected chi connectivity index (χ1v) is 18.1. The van der Waals surface area contributed by atoms with Crippen LogP contribution >= 0.6 is 0 Å². The predicted molar refractivity (Wildman–Crippen MR) is 165 cm³/mol. The summed E-state index contributed by atoms with van der Waals surface area (Å²) in [5, 5.41) is 50.8. The number of hydrogen-bond acceptors (Lipinski definition) is 9. The van der Waals surface area contributed by atoms with Gasteiger partial charge in [-0.15, -0.1) is 0 Å². The van der Waals surface area contributed by atoms with Gasteiger partial charge in [0.05, 0.1) is 12.4 Å². The van der Waals surface area contributed by atoms with Crippen LogP contribution in [0.15, 0.2) is 12.2 Å². The molecule has 0 radical (unpaired) electrons. The van der Waals surface area contributed by atoms with E-state index in [4.69, 9.17) is 9.47 Å². The third-order valence-electron chi connectivity index (χ3n) is 7.81. The van der Waals surface area contributed by atoms with Crippen molar-refractivity contribution in [3.8, 4) is 0 Å². The van der Waals surface area contributed by atoms with E-state index >= 15 is 0 Å². The van der Waals surface area contributed by atoms with Crippen molar-refractivity contribution in [3.63, 3.8) is 0 Å². The number of nitrogens with one attached hydrogen (secondary N) is 1. The van der Waals surface area contributed by atoms with Crippen LogP contribution in [0.3, 0.4) is 0 Å². The summed E-state index contributed by atoms with van der Waals surface area (Å²) in [6, 6.07) is 0. The number of aliphatic hydroxyl groups is 5. The maximum absolute atomic E-state index is 12.8. The number of hydrogen-bond donors (Lipinski definition) is 6. The molecule has 1 fully saturated rings. The normalized spacial score (nSPS) is 24.8. The first kappa shape index (κ1) is 39.4. The lowest BCUT2D eigenvalue weighted by Gasteiger charge is -2.41. The molecule has 1 heterocycles. The summed E-state index contributed by atoms with van der Waals surface area (Å²) in [5.74, 6) is -0.150. The number of unbranched alkanes of at least 4 members (excludes halogenated alkanes) is 16. The van der Waals surface area contributed by atoms with Crippen molar-refractivity contribution in [3.05, 3.63) is 12.2 Å². The Kier molecular flexibility index (Phi) is 22.2. The van der Waals surface area contributed by atoms with Crippen molar-refractivity contribution in [1.82, 2.24) is 4.72 Å². The largest absolute Gasteiger partial charge is 0.394 e. The molecule has 0 aliphatic carbocycles. The van der Waals surface area contributed by atoms with E-state index in [1.54, 1.807) is 6.08 Å². The van der Waals surface area contributed by atoms with Gasteiger partial charge in [-0.3, -0.25) is 0 Å². The van der Waals surface area contributed by atoms with Crippen molar-refractivity contribution in [2.24, 2.45) is 0 Å². The summed E-state index contributed by atoms with van der Waals surface area (Å²) in [7, 11) is -3.85. The highest BCUT2D eigenvalue weighted by Gasteiger charge is 2.45. The molecule has 10 nitrogen and oxygen atoms in total. The number of aliphatic hydroxyl groups excluding tert-OH is 5. The Morgan fingerprint density at radius 2 is 1.26 bits per heavy atom. The maximum Gasteiger partial charge on any atom is 0.213 e. The molecule has 0 spiro atoms. The van der Waals surface area contributed by atoms with E-state index < -0.39 is 59.7 Å². The highest BCUT2D eigenvalue weighted by atomic mass is 32.2. The fraction of sp³-hybridized carbons (Fsp3) is 0.935. The van der Waals surface area contributed by atoms with Crippen molar-refractivity contribution < 1.29 is 43.4 Å². The van der Waals surface area contributed by atoms with Crippen molar-refractivity contribution in [2.75, 3.05) is 12.4 Å². The second kappa shape index (κ2) is 23.7. The standard InChI is InChI=1S/C31H61NO9S/c1-3-5-7-9-11-12-13-14-15-16-17-18-20-22-25(34)30(32-42(38,39)23-21-19-10-8-6-4-2)41-31-29(37)28(36)27(35)26(24-33)40-31/h20,22,25-37H,3-19,21,23-24H2,1-2H3/b22-20-/t25?,26-,27-,28+,29-,30?,31+/m1/s1. The third-order valence-corrected chi connectivity index (χ3v) is 9.23. The quantitative estimate of drug-likeness (QED) is 0.0474. The van der Waals surface area contributed by atoms with Crippen molar-refractivity contribution in [1.29, 1.82) is 0 Å². The van der Waals surface area contributed by atoms with Crippen LogP contribution in [-0.2, 0) is 19.5 Å². The van der Waals surface area contributed by atoms with E-state index in [0.29, 0.717) is 12.8 Å². The minimum absolute atomic E-state index is 0.150. The Labute approximate surface area is 255 Å². The lowest BCUT2D eigenvalue weighted by atomic mass is 9.99. The average Bonchev–Trinajstić information content (AvgIpc) is 2.96. The van der Waals surface area contributed by atoms with Crippen LogP contribution in [0, 0.1) is 0 Å². The summed E-state index contributed by atoms with van der Waals surface area (Å²) in [4.78, 5) is 0. The zero-order chi connectivity index (χ0) is 31.2. The fourth-order valence-electron chi connectivity index (χ4n) is 5.07. The molecule has 1 aliphatic rings. The van der Waals surface area contributed by atoms with E-state index in [2.05, 4.69) is 18.6 Å². The number of allylic oxidation sites excluding steroid dienone is 1. The summed E-state index contributed by atoms with van der Waals surface area (Å²) in [5.41, 5.74) is 0. The van der Waals surface area contributed by atoms with E-state index in [0.717, 1.165) is 51.4 Å². The second-order valence-corrected chi connectivity index (χ2v) is 13.6.